The standard InChI is InChI=1S/C47H49N5O4/c1-46(32-14-5-6-15-32,40-24-12-30-48-40)28-26-42(53)51-38-22-9-18-34(44(38)55-3)36-20-11-21-37(50-36)35-19-10-23-39(45(35)56-4)52-43(54)27-29-47(2,33-16-7-8-17-33)41-25-13-31-49-41/h5-14,16,18-25,30-31,48-49H,15,17,26-29H2,1-4H3,(H,51,53)(H,52,54). The molecule has 0 saturated carbocycles. The number of methoxy groups -OCH3 is 2. The summed E-state index contributed by atoms with van der Waals surface area (Å²) in [7, 11) is 3.19. The van der Waals surface area contributed by atoms with E-state index < -0.39 is 0 Å². The highest BCUT2D eigenvalue weighted by Gasteiger charge is 2.34. The molecule has 0 fully saturated rings. The van der Waals surface area contributed by atoms with Crippen molar-refractivity contribution in [3.05, 3.63) is 150 Å². The normalized spacial score (nSPS) is 15.4. The minimum atomic E-state index is -0.295. The van der Waals surface area contributed by atoms with Crippen LogP contribution in [-0.4, -0.2) is 41.0 Å². The molecule has 2 aliphatic rings. The number of hydrogen-bond donors (Lipinski definition) is 4. The lowest BCUT2D eigenvalue weighted by molar-refractivity contribution is -0.117. The van der Waals surface area contributed by atoms with Crippen molar-refractivity contribution in [2.45, 2.75) is 63.2 Å². The zero-order chi connectivity index (χ0) is 39.1. The van der Waals surface area contributed by atoms with Crippen LogP contribution in [0.25, 0.3) is 22.5 Å². The van der Waals surface area contributed by atoms with E-state index in [9.17, 15) is 9.59 Å². The molecule has 56 heavy (non-hydrogen) atoms. The van der Waals surface area contributed by atoms with Crippen LogP contribution in [0.3, 0.4) is 0 Å². The number of para-hydroxylation sites is 2. The summed E-state index contributed by atoms with van der Waals surface area (Å²) in [6.07, 6.45) is 20.3. The van der Waals surface area contributed by atoms with E-state index in [1.54, 1.807) is 14.2 Å². The topological polar surface area (TPSA) is 121 Å². The number of anilines is 2. The number of hydrogen-bond acceptors (Lipinski definition) is 5. The van der Waals surface area contributed by atoms with E-state index in [4.69, 9.17) is 14.5 Å². The Morgan fingerprint density at radius 3 is 1.46 bits per heavy atom. The third-order valence-corrected chi connectivity index (χ3v) is 11.3. The van der Waals surface area contributed by atoms with Crippen molar-refractivity contribution in [1.82, 2.24) is 15.0 Å². The van der Waals surface area contributed by atoms with Gasteiger partial charge in [0.05, 0.1) is 37.0 Å². The van der Waals surface area contributed by atoms with Gasteiger partial charge in [-0.05, 0) is 86.3 Å². The number of carbonyl (C=O) groups excluding carboxylic acids is 2. The summed E-state index contributed by atoms with van der Waals surface area (Å²) in [5, 5.41) is 6.22. The quantitative estimate of drug-likeness (QED) is 0.0801. The van der Waals surface area contributed by atoms with E-state index in [1.165, 1.54) is 11.1 Å². The molecule has 2 unspecified atom stereocenters. The molecule has 3 heterocycles. The average Bonchev–Trinajstić information content (AvgIpc) is 4.08. The lowest BCUT2D eigenvalue weighted by atomic mass is 9.74. The van der Waals surface area contributed by atoms with Crippen LogP contribution >= 0.6 is 0 Å². The second-order valence-electron chi connectivity index (χ2n) is 14.8. The summed E-state index contributed by atoms with van der Waals surface area (Å²) < 4.78 is 11.8. The summed E-state index contributed by atoms with van der Waals surface area (Å²) in [6.45, 7) is 4.38. The van der Waals surface area contributed by atoms with Crippen molar-refractivity contribution in [2.75, 3.05) is 24.9 Å². The minimum Gasteiger partial charge on any atom is -0.494 e. The Morgan fingerprint density at radius 2 is 1.09 bits per heavy atom. The number of ether oxygens (including phenoxy) is 2. The van der Waals surface area contributed by atoms with Crippen LogP contribution in [-0.2, 0) is 20.4 Å². The molecule has 4 N–H and O–H groups in total. The number of benzene rings is 2. The fraction of sp³-hybridized carbons (Fsp3) is 0.255. The Kier molecular flexibility index (Phi) is 11.2. The second kappa shape index (κ2) is 16.6. The van der Waals surface area contributed by atoms with Crippen molar-refractivity contribution in [2.24, 2.45) is 0 Å². The first-order valence-corrected chi connectivity index (χ1v) is 19.1. The van der Waals surface area contributed by atoms with Gasteiger partial charge >= 0.3 is 0 Å². The van der Waals surface area contributed by atoms with Gasteiger partial charge in [-0.3, -0.25) is 9.59 Å². The number of pyridine rings is 1. The first kappa shape index (κ1) is 37.9. The molecular formula is C47H49N5O4. The molecule has 2 aromatic carbocycles. The van der Waals surface area contributed by atoms with Gasteiger partial charge in [0.15, 0.2) is 11.5 Å². The third-order valence-electron chi connectivity index (χ3n) is 11.3. The smallest absolute Gasteiger partial charge is 0.224 e. The predicted octanol–water partition coefficient (Wildman–Crippen LogP) is 10.2. The van der Waals surface area contributed by atoms with E-state index in [-0.39, 0.29) is 22.6 Å². The Labute approximate surface area is 328 Å². The first-order valence-electron chi connectivity index (χ1n) is 19.1. The van der Waals surface area contributed by atoms with Crippen LogP contribution in [0.2, 0.25) is 0 Å². The largest absolute Gasteiger partial charge is 0.494 e. The van der Waals surface area contributed by atoms with Crippen molar-refractivity contribution in [1.29, 1.82) is 0 Å². The van der Waals surface area contributed by atoms with Crippen molar-refractivity contribution < 1.29 is 19.1 Å². The van der Waals surface area contributed by atoms with E-state index in [2.05, 4.69) is 83.0 Å². The molecule has 0 spiro atoms. The number of nitrogens with one attached hydrogen (secondary N) is 4. The molecular weight excluding hydrogens is 699 g/mol. The van der Waals surface area contributed by atoms with Gasteiger partial charge in [-0.2, -0.15) is 0 Å². The first-order chi connectivity index (χ1) is 27.2. The highest BCUT2D eigenvalue weighted by atomic mass is 16.5. The van der Waals surface area contributed by atoms with Crippen LogP contribution in [0.4, 0.5) is 11.4 Å². The third kappa shape index (κ3) is 7.75. The predicted molar refractivity (Wildman–Crippen MR) is 224 cm³/mol. The Morgan fingerprint density at radius 1 is 0.643 bits per heavy atom. The van der Waals surface area contributed by atoms with Gasteiger partial charge in [0.1, 0.15) is 0 Å². The fourth-order valence-corrected chi connectivity index (χ4v) is 8.00. The molecule has 5 aromatic rings. The SMILES string of the molecule is COc1c(NC(=O)CCC(C)(C2=CC=CC2)c2ccc[nH]2)cccc1-c1cccc(-c2cccc(NC(=O)CCC(C)(C3=CC=CC3)c3ccc[nH]3)c2OC)n1. The molecule has 2 aliphatic carbocycles. The maximum absolute atomic E-state index is 13.5. The number of amides is 2. The van der Waals surface area contributed by atoms with Gasteiger partial charge in [0.25, 0.3) is 0 Å². The lowest BCUT2D eigenvalue weighted by Gasteiger charge is -2.30. The van der Waals surface area contributed by atoms with Crippen molar-refractivity contribution >= 4 is 23.2 Å². The number of aromatic amines is 2. The van der Waals surface area contributed by atoms with E-state index >= 15 is 0 Å². The summed E-state index contributed by atoms with van der Waals surface area (Å²) in [5.74, 6) is 0.834. The summed E-state index contributed by atoms with van der Waals surface area (Å²) >= 11 is 0. The Bertz CT molecular complexity index is 2160. The lowest BCUT2D eigenvalue weighted by Crippen LogP contribution is -2.27. The van der Waals surface area contributed by atoms with Gasteiger partial charge in [0.2, 0.25) is 11.8 Å². The Hall–Kier alpha value is -6.35. The maximum atomic E-state index is 13.5. The molecule has 2 atom stereocenters. The fourth-order valence-electron chi connectivity index (χ4n) is 8.00. The van der Waals surface area contributed by atoms with Crippen molar-refractivity contribution in [3.8, 4) is 34.0 Å². The van der Waals surface area contributed by atoms with Crippen LogP contribution < -0.4 is 20.1 Å². The van der Waals surface area contributed by atoms with E-state index in [1.807, 2.05) is 79.1 Å². The highest BCUT2D eigenvalue weighted by molar-refractivity contribution is 5.95. The molecule has 9 heteroatoms. The number of rotatable bonds is 16. The number of nitrogens with zero attached hydrogens (tertiary/aromatic N) is 1. The van der Waals surface area contributed by atoms with Crippen LogP contribution in [0.5, 0.6) is 11.5 Å². The molecule has 0 radical (unpaired) electrons. The molecule has 0 aliphatic heterocycles. The molecule has 0 saturated heterocycles. The zero-order valence-electron chi connectivity index (χ0n) is 32.4. The Balaban J connectivity index is 1.07. The molecule has 286 valence electrons. The van der Waals surface area contributed by atoms with Crippen molar-refractivity contribution in [3.63, 3.8) is 0 Å². The van der Waals surface area contributed by atoms with Gasteiger partial charge in [-0.15, -0.1) is 0 Å². The average molecular weight is 748 g/mol. The summed E-state index contributed by atoms with van der Waals surface area (Å²) in [6, 6.07) is 25.2. The number of aromatic nitrogens is 3. The van der Waals surface area contributed by atoms with Gasteiger partial charge in [0, 0.05) is 58.6 Å². The second-order valence-corrected chi connectivity index (χ2v) is 14.8. The summed E-state index contributed by atoms with van der Waals surface area (Å²) in [4.78, 5) is 38.8. The molecule has 7 rings (SSSR count). The minimum absolute atomic E-state index is 0.100. The molecule has 9 nitrogen and oxygen atoms in total. The number of carbonyl (C=O) groups is 2. The molecule has 2 amide bonds. The van der Waals surface area contributed by atoms with Crippen LogP contribution in [0.15, 0.2) is 139 Å². The maximum Gasteiger partial charge on any atom is 0.224 e. The van der Waals surface area contributed by atoms with Gasteiger partial charge in [-0.25, -0.2) is 4.98 Å². The van der Waals surface area contributed by atoms with E-state index in [0.29, 0.717) is 59.9 Å². The number of H-pyrrole nitrogens is 2. The molecule has 0 bridgehead atoms. The molecule has 3 aromatic heterocycles. The van der Waals surface area contributed by atoms with E-state index in [0.717, 1.165) is 35.4 Å². The van der Waals surface area contributed by atoms with Gasteiger partial charge < -0.3 is 30.1 Å². The highest BCUT2D eigenvalue weighted by Crippen LogP contribution is 2.43. The van der Waals surface area contributed by atoms with Crippen LogP contribution in [0, 0.1) is 0 Å². The summed E-state index contributed by atoms with van der Waals surface area (Å²) in [5.41, 5.74) is 8.08. The van der Waals surface area contributed by atoms with Gasteiger partial charge in [-0.1, -0.05) is 79.6 Å². The monoisotopic (exact) mass is 747 g/mol. The van der Waals surface area contributed by atoms with Crippen LogP contribution in [0.1, 0.15) is 63.8 Å². The zero-order valence-corrected chi connectivity index (χ0v) is 32.4. The number of allylic oxidation sites excluding steroid dienone is 8.